The number of carbonyl (C=O) groups is 1. The van der Waals surface area contributed by atoms with Crippen LogP contribution in [0.2, 0.25) is 0 Å². The molecule has 0 spiro atoms. The van der Waals surface area contributed by atoms with Crippen molar-refractivity contribution < 1.29 is 4.79 Å². The summed E-state index contributed by atoms with van der Waals surface area (Å²) in [6.07, 6.45) is 1.48. The van der Waals surface area contributed by atoms with Crippen LogP contribution in [0.3, 0.4) is 0 Å². The number of nitrogens with one attached hydrogen (secondary N) is 1. The Morgan fingerprint density at radius 2 is 2.00 bits per heavy atom. The minimum atomic E-state index is -0.318. The van der Waals surface area contributed by atoms with Crippen LogP contribution < -0.4 is 16.8 Å². The van der Waals surface area contributed by atoms with Crippen LogP contribution in [-0.2, 0) is 4.79 Å². The number of hydrogen-bond acceptors (Lipinski definition) is 3. The van der Waals surface area contributed by atoms with Crippen molar-refractivity contribution in [3.05, 3.63) is 35.9 Å². The van der Waals surface area contributed by atoms with E-state index < -0.39 is 0 Å². The van der Waals surface area contributed by atoms with Crippen LogP contribution in [0.25, 0.3) is 0 Å². The monoisotopic (exact) mass is 235 g/mol. The molecule has 2 atom stereocenters. The summed E-state index contributed by atoms with van der Waals surface area (Å²) < 4.78 is 0. The molecule has 0 fully saturated rings. The SMILES string of the molecule is CC(N[C@@H](CCCN)C(N)=O)c1ccccc1. The fraction of sp³-hybridized carbons (Fsp3) is 0.462. The Labute approximate surface area is 102 Å². The molecule has 1 aromatic carbocycles. The van der Waals surface area contributed by atoms with E-state index >= 15 is 0 Å². The minimum Gasteiger partial charge on any atom is -0.368 e. The van der Waals surface area contributed by atoms with Crippen molar-refractivity contribution in [2.45, 2.75) is 31.8 Å². The lowest BCUT2D eigenvalue weighted by Crippen LogP contribution is -2.42. The quantitative estimate of drug-likeness (QED) is 0.657. The van der Waals surface area contributed by atoms with E-state index in [-0.39, 0.29) is 18.0 Å². The van der Waals surface area contributed by atoms with E-state index in [4.69, 9.17) is 11.5 Å². The zero-order chi connectivity index (χ0) is 12.7. The van der Waals surface area contributed by atoms with Gasteiger partial charge in [0.25, 0.3) is 0 Å². The van der Waals surface area contributed by atoms with E-state index in [1.807, 2.05) is 37.3 Å². The molecule has 0 aliphatic rings. The van der Waals surface area contributed by atoms with Crippen LogP contribution in [0.1, 0.15) is 31.4 Å². The van der Waals surface area contributed by atoms with E-state index in [9.17, 15) is 4.79 Å². The zero-order valence-corrected chi connectivity index (χ0v) is 10.2. The van der Waals surface area contributed by atoms with E-state index in [1.54, 1.807) is 0 Å². The van der Waals surface area contributed by atoms with Crippen LogP contribution in [-0.4, -0.2) is 18.5 Å². The Hall–Kier alpha value is -1.39. The van der Waals surface area contributed by atoms with Crippen LogP contribution in [0, 0.1) is 0 Å². The molecule has 1 amide bonds. The molecule has 0 saturated carbocycles. The molecule has 17 heavy (non-hydrogen) atoms. The highest BCUT2D eigenvalue weighted by molar-refractivity contribution is 5.79. The average Bonchev–Trinajstić information content (AvgIpc) is 2.35. The summed E-state index contributed by atoms with van der Waals surface area (Å²) in [5, 5.41) is 3.24. The topological polar surface area (TPSA) is 81.1 Å². The molecule has 0 aromatic heterocycles. The second kappa shape index (κ2) is 7.04. The maximum absolute atomic E-state index is 11.3. The lowest BCUT2D eigenvalue weighted by atomic mass is 10.1. The first-order valence-electron chi connectivity index (χ1n) is 5.95. The smallest absolute Gasteiger partial charge is 0.234 e. The van der Waals surface area contributed by atoms with Crippen LogP contribution in [0.4, 0.5) is 0 Å². The van der Waals surface area contributed by atoms with Crippen molar-refractivity contribution in [2.24, 2.45) is 11.5 Å². The molecule has 94 valence electrons. The molecule has 1 aromatic rings. The third kappa shape index (κ3) is 4.54. The fourth-order valence-electron chi connectivity index (χ4n) is 1.77. The molecule has 5 N–H and O–H groups in total. The zero-order valence-electron chi connectivity index (χ0n) is 10.2. The maximum Gasteiger partial charge on any atom is 0.234 e. The van der Waals surface area contributed by atoms with Crippen molar-refractivity contribution in [3.63, 3.8) is 0 Å². The summed E-state index contributed by atoms with van der Waals surface area (Å²) in [4.78, 5) is 11.3. The van der Waals surface area contributed by atoms with Gasteiger partial charge in [0.1, 0.15) is 0 Å². The van der Waals surface area contributed by atoms with Gasteiger partial charge >= 0.3 is 0 Å². The maximum atomic E-state index is 11.3. The van der Waals surface area contributed by atoms with E-state index in [1.165, 1.54) is 0 Å². The van der Waals surface area contributed by atoms with Crippen LogP contribution in [0.5, 0.6) is 0 Å². The van der Waals surface area contributed by atoms with Gasteiger partial charge in [-0.2, -0.15) is 0 Å². The first kappa shape index (κ1) is 13.7. The number of benzene rings is 1. The Bertz CT molecular complexity index is 340. The Balaban J connectivity index is 2.58. The van der Waals surface area contributed by atoms with Crippen LogP contribution in [0.15, 0.2) is 30.3 Å². The Morgan fingerprint density at radius 1 is 1.35 bits per heavy atom. The number of carbonyl (C=O) groups excluding carboxylic acids is 1. The second-order valence-corrected chi connectivity index (χ2v) is 4.18. The highest BCUT2D eigenvalue weighted by Gasteiger charge is 2.17. The average molecular weight is 235 g/mol. The van der Waals surface area contributed by atoms with Gasteiger partial charge < -0.3 is 11.5 Å². The summed E-state index contributed by atoms with van der Waals surface area (Å²) in [6, 6.07) is 9.77. The van der Waals surface area contributed by atoms with Gasteiger partial charge in [0.05, 0.1) is 6.04 Å². The predicted molar refractivity (Wildman–Crippen MR) is 69.3 cm³/mol. The van der Waals surface area contributed by atoms with Gasteiger partial charge in [0.15, 0.2) is 0 Å². The first-order chi connectivity index (χ1) is 8.15. The molecule has 0 saturated heterocycles. The van der Waals surface area contributed by atoms with Gasteiger partial charge in [-0.05, 0) is 31.9 Å². The Kier molecular flexibility index (Phi) is 5.66. The number of amides is 1. The predicted octanol–water partition coefficient (Wildman–Crippen LogP) is 0.930. The van der Waals surface area contributed by atoms with Crippen molar-refractivity contribution >= 4 is 5.91 Å². The standard InChI is InChI=1S/C13H21N3O/c1-10(11-6-3-2-4-7-11)16-12(13(15)17)8-5-9-14/h2-4,6-7,10,12,16H,5,8-9,14H2,1H3,(H2,15,17)/t10?,12-/m0/s1. The molecular formula is C13H21N3O. The highest BCUT2D eigenvalue weighted by Crippen LogP contribution is 2.13. The summed E-state index contributed by atoms with van der Waals surface area (Å²) in [7, 11) is 0. The lowest BCUT2D eigenvalue weighted by molar-refractivity contribution is -0.120. The first-order valence-corrected chi connectivity index (χ1v) is 5.95. The number of nitrogens with two attached hydrogens (primary N) is 2. The lowest BCUT2D eigenvalue weighted by Gasteiger charge is -2.21. The van der Waals surface area contributed by atoms with E-state index in [0.29, 0.717) is 13.0 Å². The third-order valence-corrected chi connectivity index (χ3v) is 2.79. The van der Waals surface area contributed by atoms with Gasteiger partial charge in [0, 0.05) is 6.04 Å². The van der Waals surface area contributed by atoms with Gasteiger partial charge in [-0.15, -0.1) is 0 Å². The third-order valence-electron chi connectivity index (χ3n) is 2.79. The summed E-state index contributed by atoms with van der Waals surface area (Å²) in [5.41, 5.74) is 11.9. The fourth-order valence-corrected chi connectivity index (χ4v) is 1.77. The molecule has 0 aliphatic carbocycles. The largest absolute Gasteiger partial charge is 0.368 e. The van der Waals surface area contributed by atoms with Gasteiger partial charge in [0.2, 0.25) is 5.91 Å². The molecule has 1 rings (SSSR count). The molecule has 1 unspecified atom stereocenters. The molecule has 4 heteroatoms. The van der Waals surface area contributed by atoms with Gasteiger partial charge in [-0.25, -0.2) is 0 Å². The molecule has 0 bridgehead atoms. The Morgan fingerprint density at radius 3 is 2.53 bits per heavy atom. The molecule has 0 aliphatic heterocycles. The highest BCUT2D eigenvalue weighted by atomic mass is 16.1. The van der Waals surface area contributed by atoms with Crippen molar-refractivity contribution in [2.75, 3.05) is 6.54 Å². The summed E-state index contributed by atoms with van der Waals surface area (Å²) in [5.74, 6) is -0.318. The van der Waals surface area contributed by atoms with Crippen molar-refractivity contribution in [1.82, 2.24) is 5.32 Å². The normalized spacial score (nSPS) is 14.2. The molecule has 0 heterocycles. The number of primary amides is 1. The van der Waals surface area contributed by atoms with Crippen LogP contribution >= 0.6 is 0 Å². The van der Waals surface area contributed by atoms with E-state index in [0.717, 1.165) is 12.0 Å². The summed E-state index contributed by atoms with van der Waals surface area (Å²) >= 11 is 0. The molecule has 0 radical (unpaired) electrons. The van der Waals surface area contributed by atoms with Crippen molar-refractivity contribution in [1.29, 1.82) is 0 Å². The molecular weight excluding hydrogens is 214 g/mol. The summed E-state index contributed by atoms with van der Waals surface area (Å²) in [6.45, 7) is 2.60. The molecule has 4 nitrogen and oxygen atoms in total. The minimum absolute atomic E-state index is 0.103. The van der Waals surface area contributed by atoms with E-state index in [2.05, 4.69) is 5.32 Å². The van der Waals surface area contributed by atoms with Crippen molar-refractivity contribution in [3.8, 4) is 0 Å². The van der Waals surface area contributed by atoms with Gasteiger partial charge in [-0.1, -0.05) is 30.3 Å². The second-order valence-electron chi connectivity index (χ2n) is 4.18. The van der Waals surface area contributed by atoms with Gasteiger partial charge in [-0.3, -0.25) is 10.1 Å². The number of rotatable bonds is 7. The number of hydrogen-bond donors (Lipinski definition) is 3.